The maximum Gasteiger partial charge on any atom is 0.104 e. The molecular weight excluding hydrogens is 1370 g/mol. The Morgan fingerprint density at radius 3 is 0.982 bits per heavy atom. The minimum Gasteiger partial charge on any atom is -0.308 e. The van der Waals surface area contributed by atoms with Crippen LogP contribution in [0.5, 0.6) is 0 Å². The summed E-state index contributed by atoms with van der Waals surface area (Å²) >= 11 is 0. The zero-order valence-corrected chi connectivity index (χ0v) is 59.5. The third-order valence-corrected chi connectivity index (χ3v) is 22.0. The van der Waals surface area contributed by atoms with Gasteiger partial charge >= 0.3 is 0 Å². The molecule has 6 heterocycles. The van der Waals surface area contributed by atoms with E-state index >= 15 is 0 Å². The molecule has 0 bridgehead atoms. The first-order valence-electron chi connectivity index (χ1n) is 36.5. The molecule has 0 radical (unpaired) electrons. The van der Waals surface area contributed by atoms with Crippen molar-refractivity contribution in [3.05, 3.63) is 361 Å². The first-order chi connectivity index (χ1) is 55.3. The van der Waals surface area contributed by atoms with E-state index in [0.29, 0.717) is 61.7 Å². The van der Waals surface area contributed by atoms with E-state index < -0.39 is 0 Å². The van der Waals surface area contributed by atoms with E-state index in [1.165, 1.54) is 0 Å². The molecule has 112 heavy (non-hydrogen) atoms. The zero-order valence-electron chi connectivity index (χ0n) is 59.5. The Morgan fingerprint density at radius 1 is 0.205 bits per heavy atom. The number of para-hydroxylation sites is 3. The number of hydrogen-bond donors (Lipinski definition) is 0. The molecule has 0 saturated heterocycles. The minimum atomic E-state index is 0.424. The van der Waals surface area contributed by atoms with Gasteiger partial charge in [0.25, 0.3) is 0 Å². The van der Waals surface area contributed by atoms with E-state index in [1.807, 2.05) is 152 Å². The first-order valence-corrected chi connectivity index (χ1v) is 36.5. The number of fused-ring (bicyclic) bond motifs is 12. The van der Waals surface area contributed by atoms with Crippen LogP contribution in [0, 0.1) is 68.0 Å². The molecule has 20 rings (SSSR count). The predicted molar refractivity (Wildman–Crippen MR) is 446 cm³/mol. The zero-order chi connectivity index (χ0) is 75.2. The Hall–Kier alpha value is -16.5. The highest BCUT2D eigenvalue weighted by molar-refractivity contribution is 6.19. The lowest BCUT2D eigenvalue weighted by atomic mass is 9.91. The summed E-state index contributed by atoms with van der Waals surface area (Å²) in [6.45, 7) is 0. The maximum atomic E-state index is 12.1. The van der Waals surface area contributed by atoms with E-state index in [0.717, 1.165) is 160 Å². The fourth-order valence-electron chi connectivity index (χ4n) is 16.8. The lowest BCUT2D eigenvalue weighted by molar-refractivity contribution is 1.12. The Labute approximate surface area is 641 Å². The van der Waals surface area contributed by atoms with Crippen LogP contribution in [0.2, 0.25) is 0 Å². The molecule has 12 heteroatoms. The van der Waals surface area contributed by atoms with Crippen molar-refractivity contribution in [3.8, 4) is 137 Å². The SMILES string of the molecule is N#Cc1ccc(-c2ccc3c(c2)c2ccccc2n3-c2cc(-c3ccncc3)cc(-n3c4ccc(-c5ccc(C#N)cc5)cc4c4c(-c5cc(-c6ccc7c8ccccc8n(-c8cc(-c9ccncc9)cc(-n9c%10ccccc%10c%10ccc(-c%11ccc(C#N)cc%11)cc%109)c8C#N)c7c6)ccc5C#N)cccc43)c2C#N)cc1. The van der Waals surface area contributed by atoms with E-state index in [4.69, 9.17) is 0 Å². The second-order valence-corrected chi connectivity index (χ2v) is 27.9. The van der Waals surface area contributed by atoms with Crippen molar-refractivity contribution in [3.63, 3.8) is 0 Å². The molecule has 514 valence electrons. The van der Waals surface area contributed by atoms with Gasteiger partial charge in [0.2, 0.25) is 0 Å². The van der Waals surface area contributed by atoms with Gasteiger partial charge in [-0.1, -0.05) is 146 Å². The molecule has 0 spiro atoms. The van der Waals surface area contributed by atoms with Gasteiger partial charge in [-0.2, -0.15) is 31.6 Å². The van der Waals surface area contributed by atoms with Crippen LogP contribution in [-0.2, 0) is 0 Å². The smallest absolute Gasteiger partial charge is 0.104 e. The fourth-order valence-corrected chi connectivity index (χ4v) is 16.8. The van der Waals surface area contributed by atoms with E-state index in [-0.39, 0.29) is 0 Å². The number of nitriles is 6. The van der Waals surface area contributed by atoms with E-state index in [2.05, 4.69) is 216 Å². The number of pyridine rings is 2. The van der Waals surface area contributed by atoms with Gasteiger partial charge in [0.15, 0.2) is 0 Å². The molecular formula is C100H54N12. The van der Waals surface area contributed by atoms with Gasteiger partial charge in [-0.25, -0.2) is 0 Å². The van der Waals surface area contributed by atoms with Gasteiger partial charge in [-0.05, 0) is 230 Å². The molecule has 0 fully saturated rings. The summed E-state index contributed by atoms with van der Waals surface area (Å²) in [6.07, 6.45) is 7.14. The number of hydrogen-bond acceptors (Lipinski definition) is 8. The molecule has 6 aromatic heterocycles. The second kappa shape index (κ2) is 26.2. The van der Waals surface area contributed by atoms with Crippen LogP contribution < -0.4 is 0 Å². The molecule has 0 N–H and O–H groups in total. The third-order valence-electron chi connectivity index (χ3n) is 22.0. The van der Waals surface area contributed by atoms with Crippen molar-refractivity contribution in [1.82, 2.24) is 28.2 Å². The number of rotatable bonds is 11. The molecule has 12 nitrogen and oxygen atoms in total. The lowest BCUT2D eigenvalue weighted by Gasteiger charge is -2.19. The van der Waals surface area contributed by atoms with Crippen molar-refractivity contribution in [2.45, 2.75) is 0 Å². The van der Waals surface area contributed by atoms with Gasteiger partial charge in [0, 0.05) is 73.4 Å². The molecule has 0 aliphatic rings. The van der Waals surface area contributed by atoms with E-state index in [9.17, 15) is 31.6 Å². The second-order valence-electron chi connectivity index (χ2n) is 27.9. The van der Waals surface area contributed by atoms with Crippen molar-refractivity contribution in [2.24, 2.45) is 0 Å². The summed E-state index contributed by atoms with van der Waals surface area (Å²) in [6, 6.07) is 117. The first kappa shape index (κ1) is 65.1. The molecule has 0 aliphatic heterocycles. The third kappa shape index (κ3) is 10.4. The maximum absolute atomic E-state index is 12.1. The van der Waals surface area contributed by atoms with Gasteiger partial charge in [-0.15, -0.1) is 0 Å². The highest BCUT2D eigenvalue weighted by Crippen LogP contribution is 2.48. The van der Waals surface area contributed by atoms with Gasteiger partial charge in [-0.3, -0.25) is 9.97 Å². The molecule has 0 aliphatic carbocycles. The Bertz CT molecular complexity index is 7660. The summed E-state index contributed by atoms with van der Waals surface area (Å²) in [7, 11) is 0. The Balaban J connectivity index is 0.803. The number of nitrogens with zero attached hydrogens (tertiary/aromatic N) is 12. The minimum absolute atomic E-state index is 0.424. The van der Waals surface area contributed by atoms with Crippen molar-refractivity contribution in [2.75, 3.05) is 0 Å². The molecule has 0 atom stereocenters. The Morgan fingerprint density at radius 2 is 0.536 bits per heavy atom. The average molecular weight is 1420 g/mol. The summed E-state index contributed by atoms with van der Waals surface area (Å²) in [5.74, 6) is 0. The largest absolute Gasteiger partial charge is 0.308 e. The normalized spacial score (nSPS) is 11.3. The van der Waals surface area contributed by atoms with Gasteiger partial charge in [0.05, 0.1) is 113 Å². The highest BCUT2D eigenvalue weighted by Gasteiger charge is 2.28. The summed E-state index contributed by atoms with van der Waals surface area (Å²) < 4.78 is 8.84. The Kier molecular flexibility index (Phi) is 15.2. The number of benzene rings is 14. The molecule has 0 unspecified atom stereocenters. The average Bonchev–Trinajstić information content (AvgIpc) is 1.59. The number of aromatic nitrogens is 6. The van der Waals surface area contributed by atoms with Crippen molar-refractivity contribution in [1.29, 1.82) is 31.6 Å². The quantitative estimate of drug-likeness (QED) is 0.122. The summed E-state index contributed by atoms with van der Waals surface area (Å²) in [5, 5.41) is 72.7. The van der Waals surface area contributed by atoms with Crippen LogP contribution in [0.4, 0.5) is 0 Å². The van der Waals surface area contributed by atoms with Crippen LogP contribution in [0.3, 0.4) is 0 Å². The van der Waals surface area contributed by atoms with Crippen LogP contribution in [0.1, 0.15) is 33.4 Å². The van der Waals surface area contributed by atoms with Crippen molar-refractivity contribution >= 4 is 87.2 Å². The molecule has 20 aromatic rings. The monoisotopic (exact) mass is 1420 g/mol. The van der Waals surface area contributed by atoms with Crippen LogP contribution in [0.15, 0.2) is 328 Å². The van der Waals surface area contributed by atoms with Crippen LogP contribution in [0.25, 0.3) is 188 Å². The lowest BCUT2D eigenvalue weighted by Crippen LogP contribution is -2.05. The van der Waals surface area contributed by atoms with Crippen molar-refractivity contribution < 1.29 is 0 Å². The predicted octanol–water partition coefficient (Wildman–Crippen LogP) is 23.8. The van der Waals surface area contributed by atoms with Gasteiger partial charge in [0.1, 0.15) is 23.3 Å². The van der Waals surface area contributed by atoms with E-state index in [1.54, 1.807) is 24.8 Å². The molecule has 14 aromatic carbocycles. The standard InChI is InChI=1S/C100H54N12/c101-55-61-16-22-64(23-17-61)69-32-36-91-84(47-69)79-10-3-6-14-90(79)109(91)96-51-75(67-38-42-107-43-39-67)52-97(86(96)59-105)110-92-37-33-70(65-24-18-62(56-102)19-25-65)48-85(92)100-82(11-7-15-93(100)110)83-46-71(28-29-74(83)58-104)73-31-35-81-78-9-2-5-13-89(78)112(95(81)50-73)99-54-76(68-40-44-108-45-41-68)53-98(87(99)60-106)111-88-12-4-1-8-77(88)80-34-30-72(49-94(80)111)66-26-20-63(57-103)21-27-66/h1-54H. The molecule has 0 saturated carbocycles. The summed E-state index contributed by atoms with van der Waals surface area (Å²) in [5.41, 5.74) is 25.2. The highest BCUT2D eigenvalue weighted by atomic mass is 15.0. The van der Waals surface area contributed by atoms with Crippen LogP contribution in [-0.4, -0.2) is 28.2 Å². The summed E-state index contributed by atoms with van der Waals surface area (Å²) in [4.78, 5) is 8.86. The van der Waals surface area contributed by atoms with Crippen LogP contribution >= 0.6 is 0 Å². The molecule has 0 amide bonds. The topological polar surface area (TPSA) is 188 Å². The van der Waals surface area contributed by atoms with Gasteiger partial charge < -0.3 is 18.3 Å². The fraction of sp³-hybridized carbons (Fsp3) is 0.